The molecule has 0 radical (unpaired) electrons. The maximum Gasteiger partial charge on any atom is 1.00 e. The third kappa shape index (κ3) is 11.9. The van der Waals surface area contributed by atoms with Crippen LogP contribution in [0.4, 0.5) is 5.95 Å². The van der Waals surface area contributed by atoms with Crippen LogP contribution < -0.4 is 149 Å². The standard InChI is InChI=1S/C10H16N5O14P3.4Na.H2O/c11-10-13-7-4(8(18)14-10)12-2-15(7)9-6(17)5(16)3(27-9)1-26-31(22,23)29-32(24,25)28-30(19,20)21;;;;;/h2-3,5-6,9,16-17H,1H2,(H,22,23)(H,24,25)(H2,19,20,21)(H3,11,13,14,18);;;;;1H2/q;4*+1;/p-4. The minimum absolute atomic E-state index is 0. The number of ether oxygens (including phenoxy) is 1. The van der Waals surface area contributed by atoms with Crippen molar-refractivity contribution in [1.29, 1.82) is 0 Å². The average molecular weight is 629 g/mol. The molecule has 27 heteroatoms. The van der Waals surface area contributed by atoms with Crippen molar-refractivity contribution < 1.29 is 185 Å². The van der Waals surface area contributed by atoms with Crippen molar-refractivity contribution in [3.63, 3.8) is 0 Å². The van der Waals surface area contributed by atoms with Gasteiger partial charge in [0.05, 0.1) is 20.8 Å². The molecule has 3 heterocycles. The Bertz CT molecular complexity index is 1230. The number of aromatic nitrogens is 4. The summed E-state index contributed by atoms with van der Waals surface area (Å²) in [6, 6.07) is 0. The zero-order chi connectivity index (χ0) is 24.1. The molecule has 0 spiro atoms. The third-order valence-corrected chi connectivity index (χ3v) is 7.52. The van der Waals surface area contributed by atoms with Gasteiger partial charge < -0.3 is 54.8 Å². The first-order valence-corrected chi connectivity index (χ1v) is 12.4. The van der Waals surface area contributed by atoms with Crippen molar-refractivity contribution in [2.24, 2.45) is 0 Å². The average Bonchev–Trinajstić information content (AvgIpc) is 3.12. The monoisotopic (exact) mass is 629 g/mol. The molecule has 2 aromatic heterocycles. The van der Waals surface area contributed by atoms with Crippen LogP contribution in [0.3, 0.4) is 0 Å². The zero-order valence-electron chi connectivity index (χ0n) is 19.6. The Kier molecular flexibility index (Phi) is 20.0. The van der Waals surface area contributed by atoms with E-state index in [2.05, 4.69) is 28.1 Å². The van der Waals surface area contributed by atoms with E-state index in [1.54, 1.807) is 0 Å². The van der Waals surface area contributed by atoms with Gasteiger partial charge in [0.25, 0.3) is 21.2 Å². The van der Waals surface area contributed by atoms with E-state index in [0.29, 0.717) is 0 Å². The summed E-state index contributed by atoms with van der Waals surface area (Å²) < 4.78 is 50.0. The Morgan fingerprint density at radius 1 is 1.05 bits per heavy atom. The fourth-order valence-electron chi connectivity index (χ4n) is 2.67. The van der Waals surface area contributed by atoms with E-state index in [1.165, 1.54) is 0 Å². The van der Waals surface area contributed by atoms with E-state index >= 15 is 0 Å². The molecule has 1 fully saturated rings. The van der Waals surface area contributed by atoms with Crippen molar-refractivity contribution in [2.45, 2.75) is 24.5 Å². The molecule has 37 heavy (non-hydrogen) atoms. The normalized spacial score (nSPS) is 24.2. The van der Waals surface area contributed by atoms with Crippen molar-refractivity contribution in [2.75, 3.05) is 12.3 Å². The maximum absolute atomic E-state index is 11.8. The van der Waals surface area contributed by atoms with Crippen LogP contribution in [0.25, 0.3) is 11.2 Å². The van der Waals surface area contributed by atoms with E-state index in [1.807, 2.05) is 0 Å². The SMILES string of the molecule is Nc1nc2c(ncn2C2OC(COP(=O)([O-])OP(=O)([O-])OP(=O)([O-])[O-])C(O)C2O)c(=O)[nH]1.O.[Na+].[Na+].[Na+].[Na+]. The second-order valence-electron chi connectivity index (χ2n) is 6.12. The van der Waals surface area contributed by atoms with Crippen molar-refractivity contribution >= 4 is 40.6 Å². The number of aromatic amines is 1. The second kappa shape index (κ2) is 16.9. The van der Waals surface area contributed by atoms with Crippen LogP contribution in [0.1, 0.15) is 6.23 Å². The quantitative estimate of drug-likeness (QED) is 0.155. The molecular formula is C10H14N5Na4O15P3. The molecule has 6 atom stereocenters. The molecule has 0 bridgehead atoms. The van der Waals surface area contributed by atoms with E-state index in [0.717, 1.165) is 10.9 Å². The van der Waals surface area contributed by atoms with Gasteiger partial charge in [0.2, 0.25) is 5.95 Å². The van der Waals surface area contributed by atoms with Crippen LogP contribution in [0.2, 0.25) is 0 Å². The number of nitrogens with two attached hydrogens (primary N) is 1. The van der Waals surface area contributed by atoms with Gasteiger partial charge in [-0.1, -0.05) is 0 Å². The molecule has 1 aliphatic rings. The molecule has 20 nitrogen and oxygen atoms in total. The number of aliphatic hydroxyl groups is 2. The molecule has 0 amide bonds. The topological polar surface area (TPSA) is 342 Å². The Balaban J connectivity index is -0.00000231. The Morgan fingerprint density at radius 2 is 1.62 bits per heavy atom. The summed E-state index contributed by atoms with van der Waals surface area (Å²) >= 11 is 0. The van der Waals surface area contributed by atoms with Crippen LogP contribution in [0, 0.1) is 0 Å². The summed E-state index contributed by atoms with van der Waals surface area (Å²) in [6.07, 6.45) is -5.61. The summed E-state index contributed by atoms with van der Waals surface area (Å²) in [5, 5.41) is 20.3. The van der Waals surface area contributed by atoms with Gasteiger partial charge in [-0.2, -0.15) is 4.98 Å². The molecule has 3 rings (SSSR count). The minimum atomic E-state index is -6.17. The fourth-order valence-corrected chi connectivity index (χ4v) is 5.54. The number of fused-ring (bicyclic) bond motifs is 1. The maximum atomic E-state index is 11.8. The predicted molar refractivity (Wildman–Crippen MR) is 93.0 cm³/mol. The first-order chi connectivity index (χ1) is 14.6. The number of hydrogen-bond donors (Lipinski definition) is 4. The summed E-state index contributed by atoms with van der Waals surface area (Å²) in [4.78, 5) is 65.0. The Morgan fingerprint density at radius 3 is 2.16 bits per heavy atom. The molecule has 0 aliphatic carbocycles. The number of nitrogen functional groups attached to an aromatic ring is 1. The number of H-pyrrole nitrogens is 1. The van der Waals surface area contributed by atoms with Crippen LogP contribution in [-0.4, -0.2) is 60.1 Å². The second-order valence-corrected chi connectivity index (χ2v) is 10.4. The van der Waals surface area contributed by atoms with Crippen molar-refractivity contribution in [3.8, 4) is 0 Å². The van der Waals surface area contributed by atoms with E-state index in [9.17, 15) is 48.3 Å². The van der Waals surface area contributed by atoms with Crippen LogP contribution >= 0.6 is 23.5 Å². The largest absolute Gasteiger partial charge is 1.00 e. The number of phosphoric ester groups is 1. The van der Waals surface area contributed by atoms with Gasteiger partial charge in [0, 0.05) is 0 Å². The van der Waals surface area contributed by atoms with Gasteiger partial charge in [0.1, 0.15) is 18.3 Å². The van der Waals surface area contributed by atoms with Crippen LogP contribution in [-0.2, 0) is 31.6 Å². The van der Waals surface area contributed by atoms with E-state index in [-0.39, 0.29) is 141 Å². The number of imidazole rings is 1. The third-order valence-electron chi connectivity index (χ3n) is 3.86. The number of aliphatic hydroxyl groups excluding tert-OH is 2. The van der Waals surface area contributed by atoms with Crippen molar-refractivity contribution in [1.82, 2.24) is 19.5 Å². The first-order valence-electron chi connectivity index (χ1n) is 8.04. The number of nitrogens with zero attached hydrogens (tertiary/aromatic N) is 3. The van der Waals surface area contributed by atoms with Gasteiger partial charge in [-0.15, -0.1) is 0 Å². The Labute approximate surface area is 295 Å². The van der Waals surface area contributed by atoms with E-state index < -0.39 is 60.2 Å². The smallest absolute Gasteiger partial charge is 0.790 e. The number of nitrogens with one attached hydrogen (secondary N) is 1. The van der Waals surface area contributed by atoms with Crippen LogP contribution in [0.5, 0.6) is 0 Å². The van der Waals surface area contributed by atoms with Gasteiger partial charge in [-0.25, -0.2) is 9.29 Å². The summed E-state index contributed by atoms with van der Waals surface area (Å²) in [6.45, 7) is -1.13. The van der Waals surface area contributed by atoms with Gasteiger partial charge in [-0.3, -0.25) is 27.8 Å². The number of anilines is 1. The molecule has 7 N–H and O–H groups in total. The molecule has 1 saturated heterocycles. The molecule has 6 unspecified atom stereocenters. The Hall–Kier alpha value is 2.40. The van der Waals surface area contributed by atoms with Gasteiger partial charge >= 0.3 is 118 Å². The summed E-state index contributed by atoms with van der Waals surface area (Å²) in [7, 11) is -18.2. The molecule has 1 aliphatic heterocycles. The van der Waals surface area contributed by atoms with Gasteiger partial charge in [-0.05, 0) is 0 Å². The molecule has 0 saturated carbocycles. The molecule has 0 aromatic carbocycles. The molecule has 188 valence electrons. The number of phosphoric acid groups is 3. The number of hydrogen-bond acceptors (Lipinski definition) is 17. The summed E-state index contributed by atoms with van der Waals surface area (Å²) in [5.41, 5.74) is 4.40. The minimum Gasteiger partial charge on any atom is -0.790 e. The van der Waals surface area contributed by atoms with Crippen LogP contribution in [0.15, 0.2) is 11.1 Å². The molecule has 2 aromatic rings. The fraction of sp³-hybridized carbons (Fsp3) is 0.500. The van der Waals surface area contributed by atoms with E-state index in [4.69, 9.17) is 10.5 Å². The first kappa shape index (κ1) is 43.8. The van der Waals surface area contributed by atoms with Gasteiger partial charge in [0.15, 0.2) is 17.4 Å². The number of rotatable bonds is 8. The zero-order valence-corrected chi connectivity index (χ0v) is 30.3. The molecular weight excluding hydrogens is 615 g/mol. The summed E-state index contributed by atoms with van der Waals surface area (Å²) in [5.74, 6) is -0.299. The predicted octanol–water partition coefficient (Wildman–Crippen LogP) is -17.7. The van der Waals surface area contributed by atoms with Crippen molar-refractivity contribution in [3.05, 3.63) is 16.7 Å².